The first-order valence-corrected chi connectivity index (χ1v) is 11.4. The number of hydrogen-bond acceptors (Lipinski definition) is 5. The van der Waals surface area contributed by atoms with Crippen LogP contribution in [0.15, 0.2) is 24.3 Å². The molecule has 180 valence electrons. The summed E-state index contributed by atoms with van der Waals surface area (Å²) < 4.78 is 11.5. The number of β-amino-alcohol motifs (C(OH)–C–C–N with tert-alkyl or cyclic N) is 1. The minimum absolute atomic E-state index is 0. The predicted molar refractivity (Wildman–Crippen MR) is 133 cm³/mol. The zero-order chi connectivity index (χ0) is 20.8. The standard InChI is InChI=1S/C24H40N2O3.2ClH/c1-18(2)23-10-5-19(3)15-24(23)29-17-21(27)16-25-11-13-26(14-12-25)20-6-8-22(28-4)9-7-20;;/h6-9,18-19,21,23-24,27H,5,10-17H2,1-4H3;2*1H. The Morgan fingerprint density at radius 1 is 1.03 bits per heavy atom. The van der Waals surface area contributed by atoms with Crippen molar-refractivity contribution in [3.8, 4) is 5.75 Å². The molecule has 4 unspecified atom stereocenters. The van der Waals surface area contributed by atoms with Gasteiger partial charge in [-0.05, 0) is 54.9 Å². The van der Waals surface area contributed by atoms with Crippen molar-refractivity contribution in [2.75, 3.05) is 51.3 Å². The van der Waals surface area contributed by atoms with Crippen molar-refractivity contribution in [1.29, 1.82) is 0 Å². The Hall–Kier alpha value is -0.720. The van der Waals surface area contributed by atoms with Crippen LogP contribution in [0.3, 0.4) is 0 Å². The van der Waals surface area contributed by atoms with Crippen molar-refractivity contribution in [1.82, 2.24) is 4.90 Å². The lowest BCUT2D eigenvalue weighted by Crippen LogP contribution is -2.49. The molecule has 4 atom stereocenters. The number of rotatable bonds is 8. The van der Waals surface area contributed by atoms with Gasteiger partial charge in [0.25, 0.3) is 0 Å². The van der Waals surface area contributed by atoms with E-state index in [4.69, 9.17) is 9.47 Å². The summed E-state index contributed by atoms with van der Waals surface area (Å²) in [7, 11) is 1.70. The van der Waals surface area contributed by atoms with Crippen molar-refractivity contribution in [2.24, 2.45) is 17.8 Å². The third-order valence-corrected chi connectivity index (χ3v) is 6.74. The monoisotopic (exact) mass is 476 g/mol. The molecule has 31 heavy (non-hydrogen) atoms. The Morgan fingerprint density at radius 2 is 1.68 bits per heavy atom. The Labute approximate surface area is 201 Å². The van der Waals surface area contributed by atoms with Crippen molar-refractivity contribution in [3.63, 3.8) is 0 Å². The van der Waals surface area contributed by atoms with Gasteiger partial charge in [0.2, 0.25) is 0 Å². The minimum atomic E-state index is -0.410. The Morgan fingerprint density at radius 3 is 2.26 bits per heavy atom. The minimum Gasteiger partial charge on any atom is -0.497 e. The van der Waals surface area contributed by atoms with Crippen LogP contribution >= 0.6 is 24.8 Å². The number of halogens is 2. The van der Waals surface area contributed by atoms with Crippen LogP contribution in [0.25, 0.3) is 0 Å². The second-order valence-corrected chi connectivity index (χ2v) is 9.34. The van der Waals surface area contributed by atoms with Crippen LogP contribution in [0.1, 0.15) is 40.0 Å². The summed E-state index contributed by atoms with van der Waals surface area (Å²) in [6, 6.07) is 8.26. The van der Waals surface area contributed by atoms with Crippen LogP contribution in [0, 0.1) is 17.8 Å². The van der Waals surface area contributed by atoms with E-state index in [1.165, 1.54) is 18.5 Å². The highest BCUT2D eigenvalue weighted by molar-refractivity contribution is 5.85. The molecule has 5 nitrogen and oxygen atoms in total. The first-order valence-electron chi connectivity index (χ1n) is 11.4. The van der Waals surface area contributed by atoms with E-state index in [0.29, 0.717) is 31.1 Å². The maximum absolute atomic E-state index is 10.6. The summed E-state index contributed by atoms with van der Waals surface area (Å²) in [5.41, 5.74) is 1.24. The molecule has 2 aliphatic rings. The fourth-order valence-corrected chi connectivity index (χ4v) is 4.87. The Kier molecular flexibility index (Phi) is 12.6. The molecule has 0 spiro atoms. The molecular weight excluding hydrogens is 435 g/mol. The second kappa shape index (κ2) is 13.7. The van der Waals surface area contributed by atoms with Gasteiger partial charge in [0.05, 0.1) is 25.9 Å². The van der Waals surface area contributed by atoms with E-state index in [-0.39, 0.29) is 24.8 Å². The smallest absolute Gasteiger partial charge is 0.119 e. The summed E-state index contributed by atoms with van der Waals surface area (Å²) in [5.74, 6) is 2.91. The number of methoxy groups -OCH3 is 1. The predicted octanol–water partition coefficient (Wildman–Crippen LogP) is 4.50. The number of piperazine rings is 1. The second-order valence-electron chi connectivity index (χ2n) is 9.34. The highest BCUT2D eigenvalue weighted by Crippen LogP contribution is 2.35. The number of benzene rings is 1. The molecule has 1 aromatic carbocycles. The molecule has 1 aliphatic heterocycles. The van der Waals surface area contributed by atoms with E-state index in [0.717, 1.165) is 44.3 Å². The molecule has 3 rings (SSSR count). The molecule has 1 aromatic rings. The molecule has 0 radical (unpaired) electrons. The summed E-state index contributed by atoms with van der Waals surface area (Å²) in [6.07, 6.45) is 3.60. The van der Waals surface area contributed by atoms with Crippen LogP contribution in [-0.2, 0) is 4.74 Å². The van der Waals surface area contributed by atoms with Gasteiger partial charge >= 0.3 is 0 Å². The van der Waals surface area contributed by atoms with Gasteiger partial charge < -0.3 is 19.5 Å². The largest absolute Gasteiger partial charge is 0.497 e. The van der Waals surface area contributed by atoms with Gasteiger partial charge in [-0.25, -0.2) is 0 Å². The molecule has 1 saturated heterocycles. The highest BCUT2D eigenvalue weighted by Gasteiger charge is 2.32. The van der Waals surface area contributed by atoms with Crippen LogP contribution < -0.4 is 9.64 Å². The first kappa shape index (κ1) is 28.3. The molecule has 1 N–H and O–H groups in total. The summed E-state index contributed by atoms with van der Waals surface area (Å²) in [5, 5.41) is 10.6. The lowest BCUT2D eigenvalue weighted by atomic mass is 9.75. The van der Waals surface area contributed by atoms with Crippen molar-refractivity contribution < 1.29 is 14.6 Å². The van der Waals surface area contributed by atoms with Crippen molar-refractivity contribution in [2.45, 2.75) is 52.2 Å². The fraction of sp³-hybridized carbons (Fsp3) is 0.750. The van der Waals surface area contributed by atoms with Gasteiger partial charge in [0.1, 0.15) is 5.75 Å². The van der Waals surface area contributed by atoms with E-state index < -0.39 is 6.10 Å². The van der Waals surface area contributed by atoms with Crippen LogP contribution in [0.4, 0.5) is 5.69 Å². The van der Waals surface area contributed by atoms with E-state index in [2.05, 4.69) is 42.7 Å². The zero-order valence-corrected chi connectivity index (χ0v) is 21.2. The van der Waals surface area contributed by atoms with Gasteiger partial charge in [-0.2, -0.15) is 0 Å². The highest BCUT2D eigenvalue weighted by atomic mass is 35.5. The van der Waals surface area contributed by atoms with Crippen LogP contribution in [0.5, 0.6) is 5.75 Å². The normalized spacial score (nSPS) is 25.5. The average Bonchev–Trinajstić information content (AvgIpc) is 2.73. The summed E-state index contributed by atoms with van der Waals surface area (Å²) in [4.78, 5) is 4.76. The van der Waals surface area contributed by atoms with Crippen molar-refractivity contribution >= 4 is 30.5 Å². The van der Waals surface area contributed by atoms with Gasteiger partial charge in [-0.3, -0.25) is 4.90 Å². The van der Waals surface area contributed by atoms with E-state index in [1.54, 1.807) is 7.11 Å². The maximum atomic E-state index is 10.6. The third-order valence-electron chi connectivity index (χ3n) is 6.74. The number of nitrogens with zero attached hydrogens (tertiary/aromatic N) is 2. The number of ether oxygens (including phenoxy) is 2. The molecule has 1 heterocycles. The number of hydrogen-bond donors (Lipinski definition) is 1. The van der Waals surface area contributed by atoms with Gasteiger partial charge in [-0.15, -0.1) is 24.8 Å². The summed E-state index contributed by atoms with van der Waals surface area (Å²) in [6.45, 7) is 12.0. The maximum Gasteiger partial charge on any atom is 0.119 e. The van der Waals surface area contributed by atoms with Gasteiger partial charge in [0.15, 0.2) is 0 Å². The summed E-state index contributed by atoms with van der Waals surface area (Å²) >= 11 is 0. The lowest BCUT2D eigenvalue weighted by Gasteiger charge is -2.39. The van der Waals surface area contributed by atoms with Crippen LogP contribution in [-0.4, -0.2) is 68.7 Å². The number of aliphatic hydroxyl groups excluding tert-OH is 1. The quantitative estimate of drug-likeness (QED) is 0.598. The SMILES string of the molecule is COc1ccc(N2CCN(CC(O)COC3CC(C)CCC3C(C)C)CC2)cc1.Cl.Cl. The molecule has 2 fully saturated rings. The van der Waals surface area contributed by atoms with E-state index in [1.807, 2.05) is 12.1 Å². The number of anilines is 1. The van der Waals surface area contributed by atoms with Crippen LogP contribution in [0.2, 0.25) is 0 Å². The molecule has 1 saturated carbocycles. The van der Waals surface area contributed by atoms with Crippen molar-refractivity contribution in [3.05, 3.63) is 24.3 Å². The Bertz CT molecular complexity index is 609. The Balaban J connectivity index is 0.00000240. The fourth-order valence-electron chi connectivity index (χ4n) is 4.87. The lowest BCUT2D eigenvalue weighted by molar-refractivity contribution is -0.0740. The topological polar surface area (TPSA) is 45.2 Å². The average molecular weight is 478 g/mol. The molecular formula is C24H42Cl2N2O3. The third kappa shape index (κ3) is 8.29. The van der Waals surface area contributed by atoms with Gasteiger partial charge in [-0.1, -0.05) is 27.2 Å². The molecule has 1 aliphatic carbocycles. The zero-order valence-electron chi connectivity index (χ0n) is 19.5. The molecule has 7 heteroatoms. The first-order chi connectivity index (χ1) is 14.0. The van der Waals surface area contributed by atoms with E-state index in [9.17, 15) is 5.11 Å². The van der Waals surface area contributed by atoms with E-state index >= 15 is 0 Å². The number of aliphatic hydroxyl groups is 1. The molecule has 0 aromatic heterocycles. The molecule has 0 amide bonds. The molecule has 0 bridgehead atoms. The van der Waals surface area contributed by atoms with Gasteiger partial charge in [0, 0.05) is 38.4 Å².